The van der Waals surface area contributed by atoms with Crippen LogP contribution in [0.2, 0.25) is 5.02 Å². The molecule has 0 saturated carbocycles. The molecule has 0 unspecified atom stereocenters. The van der Waals surface area contributed by atoms with Gasteiger partial charge in [0.25, 0.3) is 0 Å². The van der Waals surface area contributed by atoms with E-state index in [2.05, 4.69) is 19.6 Å². The molecule has 0 atom stereocenters. The van der Waals surface area contributed by atoms with Crippen LogP contribution in [-0.2, 0) is 10.9 Å². The number of carbonyl (C=O) groups is 1. The summed E-state index contributed by atoms with van der Waals surface area (Å²) in [6.45, 7) is 1.69. The van der Waals surface area contributed by atoms with Gasteiger partial charge in [-0.1, -0.05) is 17.7 Å². The van der Waals surface area contributed by atoms with Crippen molar-refractivity contribution in [1.29, 1.82) is 0 Å². The van der Waals surface area contributed by atoms with Gasteiger partial charge < -0.3 is 9.15 Å². The minimum atomic E-state index is -4.72. The average Bonchev–Trinajstić information content (AvgIpc) is 3.23. The van der Waals surface area contributed by atoms with Crippen molar-refractivity contribution in [3.05, 3.63) is 64.0 Å². The number of esters is 1. The summed E-state index contributed by atoms with van der Waals surface area (Å²) < 4.78 is 47.7. The minimum absolute atomic E-state index is 0.0931. The van der Waals surface area contributed by atoms with Crippen molar-refractivity contribution in [2.45, 2.75) is 13.1 Å². The number of aryl methyl sites for hydroxylation is 1. The van der Waals surface area contributed by atoms with E-state index in [9.17, 15) is 18.0 Å². The first kappa shape index (κ1) is 18.2. The lowest BCUT2D eigenvalue weighted by atomic mass is 10.1. The number of ether oxygens (including phenoxy) is 1. The van der Waals surface area contributed by atoms with Crippen LogP contribution in [-0.4, -0.2) is 22.1 Å². The van der Waals surface area contributed by atoms with Crippen LogP contribution in [0.5, 0.6) is 0 Å². The van der Waals surface area contributed by atoms with Gasteiger partial charge in [0.15, 0.2) is 0 Å². The molecular weight excluding hydrogens is 399 g/mol. The fraction of sp³-hybridized carbons (Fsp3) is 0.111. The van der Waals surface area contributed by atoms with Gasteiger partial charge in [0.1, 0.15) is 0 Å². The Labute approximate surface area is 160 Å². The Morgan fingerprint density at radius 1 is 1.14 bits per heavy atom. The summed E-state index contributed by atoms with van der Waals surface area (Å²) in [5.41, 5.74) is 2.06. The first-order valence-electron chi connectivity index (χ1n) is 7.85. The smallest absolute Gasteiger partial charge is 0.413 e. The monoisotopic (exact) mass is 407 g/mol. The number of aliphatic imine (C=N–C) groups is 1. The van der Waals surface area contributed by atoms with E-state index in [1.807, 2.05) is 0 Å². The molecule has 6 nitrogen and oxygen atoms in total. The summed E-state index contributed by atoms with van der Waals surface area (Å²) >= 11 is 6.03. The molecule has 1 aliphatic rings. The number of carbonyl (C=O) groups excluding carboxylic acids is 1. The molecule has 2 heterocycles. The summed E-state index contributed by atoms with van der Waals surface area (Å²) in [6.07, 6.45) is -4.72. The van der Waals surface area contributed by atoms with Gasteiger partial charge in [-0.25, -0.2) is 9.79 Å². The van der Waals surface area contributed by atoms with E-state index in [-0.39, 0.29) is 22.4 Å². The van der Waals surface area contributed by atoms with Crippen molar-refractivity contribution in [1.82, 2.24) is 10.2 Å². The van der Waals surface area contributed by atoms with E-state index in [0.717, 1.165) is 0 Å². The third-order valence-corrected chi connectivity index (χ3v) is 4.29. The highest BCUT2D eigenvalue weighted by Crippen LogP contribution is 2.33. The highest BCUT2D eigenvalue weighted by Gasteiger charge is 2.38. The summed E-state index contributed by atoms with van der Waals surface area (Å²) in [7, 11) is 0. The lowest BCUT2D eigenvalue weighted by molar-refractivity contribution is -0.156. The Morgan fingerprint density at radius 2 is 1.93 bits per heavy atom. The maximum atomic E-state index is 12.6. The molecule has 0 amide bonds. The molecular formula is C18H9ClF3N3O3. The van der Waals surface area contributed by atoms with Crippen LogP contribution >= 0.6 is 11.6 Å². The highest BCUT2D eigenvalue weighted by atomic mass is 35.5. The second kappa shape index (κ2) is 6.45. The van der Waals surface area contributed by atoms with Crippen LogP contribution in [0.1, 0.15) is 27.4 Å². The molecule has 2 aromatic carbocycles. The predicted molar refractivity (Wildman–Crippen MR) is 92.5 cm³/mol. The number of hydrogen-bond acceptors (Lipinski definition) is 6. The SMILES string of the molecule is Cc1cc(-c2nnc(C(F)(F)F)o2)ccc1/N=C1\OC(=O)c2c(Cl)cccc21. The van der Waals surface area contributed by atoms with E-state index >= 15 is 0 Å². The summed E-state index contributed by atoms with van der Waals surface area (Å²) in [4.78, 5) is 16.3. The van der Waals surface area contributed by atoms with E-state index in [1.165, 1.54) is 6.07 Å². The summed E-state index contributed by atoms with van der Waals surface area (Å²) in [6, 6.07) is 9.47. The maximum absolute atomic E-state index is 12.6. The van der Waals surface area contributed by atoms with Gasteiger partial charge in [0, 0.05) is 5.56 Å². The van der Waals surface area contributed by atoms with Crippen molar-refractivity contribution >= 4 is 29.2 Å². The van der Waals surface area contributed by atoms with Gasteiger partial charge >= 0.3 is 18.0 Å². The molecule has 0 N–H and O–H groups in total. The number of aromatic nitrogens is 2. The standard InChI is InChI=1S/C18H9ClF3N3O3/c1-8-7-9(14-24-25-17(28-14)18(20,21)22)5-6-12(8)23-15-10-3-2-4-11(19)13(10)16(26)27-15/h2-7H,1H3/b23-15-. The van der Waals surface area contributed by atoms with E-state index < -0.39 is 18.0 Å². The zero-order chi connectivity index (χ0) is 20.1. The Balaban J connectivity index is 1.69. The molecule has 0 spiro atoms. The maximum Gasteiger partial charge on any atom is 0.470 e. The van der Waals surface area contributed by atoms with Gasteiger partial charge in [-0.3, -0.25) is 0 Å². The molecule has 0 aliphatic carbocycles. The van der Waals surface area contributed by atoms with Gasteiger partial charge in [0.05, 0.1) is 21.8 Å². The van der Waals surface area contributed by atoms with Gasteiger partial charge in [-0.05, 0) is 42.8 Å². The van der Waals surface area contributed by atoms with Crippen LogP contribution in [0.15, 0.2) is 45.8 Å². The average molecular weight is 408 g/mol. The van der Waals surface area contributed by atoms with Crippen LogP contribution in [0.25, 0.3) is 11.5 Å². The third kappa shape index (κ3) is 3.13. The lowest BCUT2D eigenvalue weighted by Gasteiger charge is -2.04. The molecule has 0 radical (unpaired) electrons. The van der Waals surface area contributed by atoms with Crippen molar-refractivity contribution in [3.8, 4) is 11.5 Å². The Bertz CT molecular complexity index is 1140. The van der Waals surface area contributed by atoms with Gasteiger partial charge in [-0.15, -0.1) is 10.2 Å². The Morgan fingerprint density at radius 3 is 2.61 bits per heavy atom. The van der Waals surface area contributed by atoms with Crippen molar-refractivity contribution < 1.29 is 27.1 Å². The quantitative estimate of drug-likeness (QED) is 0.561. The number of hydrogen-bond donors (Lipinski definition) is 0. The summed E-state index contributed by atoms with van der Waals surface area (Å²) in [5, 5.41) is 6.68. The molecule has 28 heavy (non-hydrogen) atoms. The first-order chi connectivity index (χ1) is 13.2. The topological polar surface area (TPSA) is 77.6 Å². The van der Waals surface area contributed by atoms with Crippen molar-refractivity contribution in [3.63, 3.8) is 0 Å². The highest BCUT2D eigenvalue weighted by molar-refractivity contribution is 6.36. The second-order valence-electron chi connectivity index (χ2n) is 5.88. The van der Waals surface area contributed by atoms with Gasteiger partial charge in [-0.2, -0.15) is 13.2 Å². The van der Waals surface area contributed by atoms with Crippen LogP contribution in [0.4, 0.5) is 18.9 Å². The third-order valence-electron chi connectivity index (χ3n) is 3.97. The van der Waals surface area contributed by atoms with Crippen LogP contribution < -0.4 is 0 Å². The number of alkyl halides is 3. The van der Waals surface area contributed by atoms with E-state index in [0.29, 0.717) is 22.4 Å². The fourth-order valence-electron chi connectivity index (χ4n) is 2.66. The van der Waals surface area contributed by atoms with Gasteiger partial charge in [0.2, 0.25) is 11.8 Å². The molecule has 1 aliphatic heterocycles. The number of halogens is 4. The molecule has 1 aromatic heterocycles. The Kier molecular flexibility index (Phi) is 4.19. The molecule has 142 valence electrons. The minimum Gasteiger partial charge on any atom is -0.413 e. The lowest BCUT2D eigenvalue weighted by Crippen LogP contribution is -2.04. The number of fused-ring (bicyclic) bond motifs is 1. The number of rotatable bonds is 2. The normalized spacial score (nSPS) is 15.0. The largest absolute Gasteiger partial charge is 0.470 e. The van der Waals surface area contributed by atoms with E-state index in [4.69, 9.17) is 16.3 Å². The Hall–Kier alpha value is -3.20. The second-order valence-corrected chi connectivity index (χ2v) is 6.29. The van der Waals surface area contributed by atoms with E-state index in [1.54, 1.807) is 37.3 Å². The zero-order valence-corrected chi connectivity index (χ0v) is 14.8. The number of nitrogens with zero attached hydrogens (tertiary/aromatic N) is 3. The molecule has 0 bridgehead atoms. The zero-order valence-electron chi connectivity index (χ0n) is 14.0. The molecule has 3 aromatic rings. The number of benzene rings is 2. The van der Waals surface area contributed by atoms with Crippen LogP contribution in [0, 0.1) is 6.92 Å². The fourth-order valence-corrected chi connectivity index (χ4v) is 2.92. The molecule has 0 saturated heterocycles. The first-order valence-corrected chi connectivity index (χ1v) is 8.23. The van der Waals surface area contributed by atoms with Crippen LogP contribution in [0.3, 0.4) is 0 Å². The summed E-state index contributed by atoms with van der Waals surface area (Å²) in [5.74, 6) is -2.19. The van der Waals surface area contributed by atoms with Crippen molar-refractivity contribution in [2.24, 2.45) is 4.99 Å². The molecule has 4 rings (SSSR count). The number of cyclic esters (lactones) is 1. The molecule has 0 fully saturated rings. The molecule has 10 heteroatoms. The van der Waals surface area contributed by atoms with Crippen molar-refractivity contribution in [2.75, 3.05) is 0 Å². The predicted octanol–water partition coefficient (Wildman–Crippen LogP) is 4.97.